The van der Waals surface area contributed by atoms with Crippen LogP contribution in [0.15, 0.2) is 18.2 Å². The second-order valence-corrected chi connectivity index (χ2v) is 7.15. The number of nitrogens with one attached hydrogen (secondary N) is 1. The van der Waals surface area contributed by atoms with Crippen molar-refractivity contribution in [1.82, 2.24) is 4.90 Å². The Morgan fingerprint density at radius 1 is 1.38 bits per heavy atom. The lowest BCUT2D eigenvalue weighted by molar-refractivity contribution is -0.149. The minimum atomic E-state index is -0.735. The number of anilines is 1. The third-order valence-corrected chi connectivity index (χ3v) is 5.78. The van der Waals surface area contributed by atoms with E-state index in [0.717, 1.165) is 12.8 Å². The third-order valence-electron chi connectivity index (χ3n) is 4.96. The van der Waals surface area contributed by atoms with E-state index in [1.807, 2.05) is 4.90 Å². The number of carbonyl (C=O) groups excluding carboxylic acids is 1. The number of carboxylic acid groups (broad SMARTS) is 1. The van der Waals surface area contributed by atoms with Crippen molar-refractivity contribution < 1.29 is 14.7 Å². The maximum Gasteiger partial charge on any atom is 0.311 e. The summed E-state index contributed by atoms with van der Waals surface area (Å²) in [6.45, 7) is 1.25. The van der Waals surface area contributed by atoms with Gasteiger partial charge in [-0.25, -0.2) is 0 Å². The Hall–Kier alpha value is -1.01. The standard InChI is InChI=1S/C16H18Cl2N2O3.ClH/c17-11-4-1-5-12(14(11)18)19-13(21)8-20-7-10-3-2-6-16(10,9-20)15(22)23;/h1,4-5,10H,2-3,6-9H2,(H,19,21)(H,22,23);1H/t10-,16+;/m0./s1. The average Bonchev–Trinajstić information content (AvgIpc) is 3.01. The second-order valence-electron chi connectivity index (χ2n) is 6.37. The number of halogens is 3. The van der Waals surface area contributed by atoms with E-state index in [2.05, 4.69) is 5.32 Å². The Morgan fingerprint density at radius 2 is 2.12 bits per heavy atom. The van der Waals surface area contributed by atoms with Gasteiger partial charge in [-0.05, 0) is 30.9 Å². The van der Waals surface area contributed by atoms with Crippen molar-refractivity contribution in [2.24, 2.45) is 11.3 Å². The van der Waals surface area contributed by atoms with Crippen LogP contribution in [0.3, 0.4) is 0 Å². The van der Waals surface area contributed by atoms with Crippen LogP contribution < -0.4 is 5.32 Å². The Bertz CT molecular complexity index is 655. The summed E-state index contributed by atoms with van der Waals surface area (Å²) in [7, 11) is 0. The summed E-state index contributed by atoms with van der Waals surface area (Å²) >= 11 is 12.0. The number of aliphatic carboxylic acids is 1. The summed E-state index contributed by atoms with van der Waals surface area (Å²) in [5, 5.41) is 13.0. The average molecular weight is 394 g/mol. The van der Waals surface area contributed by atoms with Gasteiger partial charge in [-0.15, -0.1) is 12.4 Å². The lowest BCUT2D eigenvalue weighted by atomic mass is 9.81. The zero-order valence-corrected chi connectivity index (χ0v) is 15.3. The highest BCUT2D eigenvalue weighted by atomic mass is 35.5. The van der Waals surface area contributed by atoms with E-state index in [1.165, 1.54) is 0 Å². The van der Waals surface area contributed by atoms with Crippen LogP contribution in [0.5, 0.6) is 0 Å². The zero-order valence-electron chi connectivity index (χ0n) is 12.9. The highest BCUT2D eigenvalue weighted by Gasteiger charge is 2.54. The summed E-state index contributed by atoms with van der Waals surface area (Å²) in [5.74, 6) is -0.807. The topological polar surface area (TPSA) is 69.6 Å². The fourth-order valence-electron chi connectivity index (χ4n) is 3.86. The lowest BCUT2D eigenvalue weighted by Crippen LogP contribution is -2.37. The summed E-state index contributed by atoms with van der Waals surface area (Å²) in [6, 6.07) is 5.05. The number of benzene rings is 1. The second kappa shape index (κ2) is 7.48. The van der Waals surface area contributed by atoms with Crippen LogP contribution in [0.1, 0.15) is 19.3 Å². The smallest absolute Gasteiger partial charge is 0.311 e. The lowest BCUT2D eigenvalue weighted by Gasteiger charge is -2.23. The molecule has 1 heterocycles. The highest BCUT2D eigenvalue weighted by Crippen LogP contribution is 2.48. The molecule has 1 aromatic carbocycles. The molecule has 1 aliphatic carbocycles. The molecule has 3 rings (SSSR count). The number of carbonyl (C=O) groups is 2. The Labute approximate surface area is 156 Å². The fraction of sp³-hybridized carbons (Fsp3) is 0.500. The molecule has 24 heavy (non-hydrogen) atoms. The molecule has 132 valence electrons. The summed E-state index contributed by atoms with van der Waals surface area (Å²) in [6.07, 6.45) is 2.57. The van der Waals surface area contributed by atoms with Gasteiger partial charge in [0, 0.05) is 13.1 Å². The Morgan fingerprint density at radius 3 is 2.79 bits per heavy atom. The van der Waals surface area contributed by atoms with Crippen LogP contribution in [0.2, 0.25) is 10.0 Å². The Kier molecular flexibility index (Phi) is 6.02. The molecular formula is C16H19Cl3N2O3. The first-order chi connectivity index (χ1) is 10.9. The molecule has 0 spiro atoms. The molecule has 0 bridgehead atoms. The molecule has 1 aromatic rings. The van der Waals surface area contributed by atoms with Gasteiger partial charge in [0.1, 0.15) is 0 Å². The fourth-order valence-corrected chi connectivity index (χ4v) is 4.20. The van der Waals surface area contributed by atoms with Crippen molar-refractivity contribution in [3.8, 4) is 0 Å². The van der Waals surface area contributed by atoms with Crippen LogP contribution in [0.25, 0.3) is 0 Å². The molecule has 2 N–H and O–H groups in total. The number of carboxylic acids is 1. The van der Waals surface area contributed by atoms with Crippen LogP contribution in [0.4, 0.5) is 5.69 Å². The monoisotopic (exact) mass is 392 g/mol. The zero-order chi connectivity index (χ0) is 16.6. The van der Waals surface area contributed by atoms with Gasteiger partial charge in [0.15, 0.2) is 0 Å². The largest absolute Gasteiger partial charge is 0.481 e. The number of hydrogen-bond donors (Lipinski definition) is 2. The van der Waals surface area contributed by atoms with Crippen LogP contribution in [-0.2, 0) is 9.59 Å². The number of hydrogen-bond acceptors (Lipinski definition) is 3. The molecule has 1 amide bonds. The number of nitrogens with zero attached hydrogens (tertiary/aromatic N) is 1. The minimum Gasteiger partial charge on any atom is -0.481 e. The first-order valence-corrected chi connectivity index (χ1v) is 8.37. The van der Waals surface area contributed by atoms with Gasteiger partial charge in [-0.2, -0.15) is 0 Å². The molecule has 1 aliphatic heterocycles. The van der Waals surface area contributed by atoms with E-state index >= 15 is 0 Å². The quantitative estimate of drug-likeness (QED) is 0.821. The maximum absolute atomic E-state index is 12.2. The van der Waals surface area contributed by atoms with Crippen LogP contribution in [0, 0.1) is 11.3 Å². The molecule has 0 aromatic heterocycles. The number of fused-ring (bicyclic) bond motifs is 1. The molecule has 2 fully saturated rings. The molecular weight excluding hydrogens is 375 g/mol. The number of likely N-dealkylation sites (tertiary alicyclic amines) is 1. The summed E-state index contributed by atoms with van der Waals surface area (Å²) in [5.41, 5.74) is -0.204. The SMILES string of the molecule is Cl.O=C(CN1C[C@@H]2CCC[C@@]2(C(=O)O)C1)Nc1cccc(Cl)c1Cl. The van der Waals surface area contributed by atoms with Gasteiger partial charge in [0.2, 0.25) is 5.91 Å². The van der Waals surface area contributed by atoms with Gasteiger partial charge >= 0.3 is 5.97 Å². The molecule has 1 saturated carbocycles. The number of amides is 1. The molecule has 1 saturated heterocycles. The maximum atomic E-state index is 12.2. The predicted octanol–water partition coefficient (Wildman–Crippen LogP) is 3.54. The molecule has 0 radical (unpaired) electrons. The van der Waals surface area contributed by atoms with Crippen molar-refractivity contribution >= 4 is 53.2 Å². The number of rotatable bonds is 4. The minimum absolute atomic E-state index is 0. The van der Waals surface area contributed by atoms with Gasteiger partial charge in [-0.1, -0.05) is 35.7 Å². The van der Waals surface area contributed by atoms with Gasteiger partial charge in [0.25, 0.3) is 0 Å². The van der Waals surface area contributed by atoms with E-state index < -0.39 is 11.4 Å². The van der Waals surface area contributed by atoms with Crippen LogP contribution in [-0.4, -0.2) is 41.5 Å². The normalized spacial score (nSPS) is 25.8. The summed E-state index contributed by atoms with van der Waals surface area (Å²) in [4.78, 5) is 25.8. The first kappa shape index (κ1) is 19.3. The Balaban J connectivity index is 0.00000208. The van der Waals surface area contributed by atoms with E-state index in [-0.39, 0.29) is 30.8 Å². The van der Waals surface area contributed by atoms with Gasteiger partial charge in [-0.3, -0.25) is 14.5 Å². The van der Waals surface area contributed by atoms with Gasteiger partial charge in [0.05, 0.1) is 27.7 Å². The summed E-state index contributed by atoms with van der Waals surface area (Å²) < 4.78 is 0. The van der Waals surface area contributed by atoms with Crippen molar-refractivity contribution in [1.29, 1.82) is 0 Å². The molecule has 0 unspecified atom stereocenters. The van der Waals surface area contributed by atoms with Crippen molar-refractivity contribution in [3.05, 3.63) is 28.2 Å². The molecule has 8 heteroatoms. The van der Waals surface area contributed by atoms with Crippen LogP contribution >= 0.6 is 35.6 Å². The van der Waals surface area contributed by atoms with Crippen molar-refractivity contribution in [2.75, 3.05) is 25.0 Å². The van der Waals surface area contributed by atoms with E-state index in [0.29, 0.717) is 35.2 Å². The van der Waals surface area contributed by atoms with Crippen molar-refractivity contribution in [2.45, 2.75) is 19.3 Å². The molecule has 5 nitrogen and oxygen atoms in total. The van der Waals surface area contributed by atoms with Gasteiger partial charge < -0.3 is 10.4 Å². The van der Waals surface area contributed by atoms with E-state index in [4.69, 9.17) is 23.2 Å². The first-order valence-electron chi connectivity index (χ1n) is 7.62. The molecule has 2 atom stereocenters. The van der Waals surface area contributed by atoms with E-state index in [9.17, 15) is 14.7 Å². The van der Waals surface area contributed by atoms with E-state index in [1.54, 1.807) is 18.2 Å². The highest BCUT2D eigenvalue weighted by molar-refractivity contribution is 6.44. The molecule has 2 aliphatic rings. The third kappa shape index (κ3) is 3.49. The predicted molar refractivity (Wildman–Crippen MR) is 96.2 cm³/mol. The van der Waals surface area contributed by atoms with Crippen molar-refractivity contribution in [3.63, 3.8) is 0 Å².